The van der Waals surface area contributed by atoms with Crippen molar-refractivity contribution in [3.8, 4) is 0 Å². The average Bonchev–Trinajstić information content (AvgIpc) is 2.72. The molecule has 1 atom stereocenters. The molecule has 1 fully saturated rings. The first-order valence-electron chi connectivity index (χ1n) is 5.95. The quantitative estimate of drug-likeness (QED) is 0.796. The lowest BCUT2D eigenvalue weighted by Gasteiger charge is -2.22. The predicted molar refractivity (Wildman–Crippen MR) is 70.5 cm³/mol. The van der Waals surface area contributed by atoms with Crippen LogP contribution in [-0.4, -0.2) is 24.6 Å². The summed E-state index contributed by atoms with van der Waals surface area (Å²) in [6, 6.07) is 2.04. The molecule has 0 radical (unpaired) electrons. The molecular weight excluding hydrogens is 376 g/mol. The summed E-state index contributed by atoms with van der Waals surface area (Å²) in [6.45, 7) is -0.152. The third-order valence-corrected chi connectivity index (χ3v) is 3.67. The van der Waals surface area contributed by atoms with Crippen LogP contribution in [0.4, 0.5) is 28.0 Å². The second kappa shape index (κ2) is 5.75. The number of hydrogen-bond donors (Lipinski definition) is 1. The number of primary amides is 1. The lowest BCUT2D eigenvalue weighted by atomic mass is 10.1. The zero-order chi connectivity index (χ0) is 16.7. The van der Waals surface area contributed by atoms with Gasteiger partial charge >= 0.3 is 12.3 Å². The molecule has 1 aliphatic heterocycles. The van der Waals surface area contributed by atoms with Crippen LogP contribution in [0.2, 0.25) is 0 Å². The highest BCUT2D eigenvalue weighted by Gasteiger charge is 2.43. The highest BCUT2D eigenvalue weighted by molar-refractivity contribution is 9.10. The molecule has 0 spiro atoms. The van der Waals surface area contributed by atoms with Gasteiger partial charge in [0.25, 0.3) is 5.91 Å². The summed E-state index contributed by atoms with van der Waals surface area (Å²) in [5.41, 5.74) is 2.59. The fourth-order valence-corrected chi connectivity index (χ4v) is 2.51. The van der Waals surface area contributed by atoms with E-state index in [0.29, 0.717) is 0 Å². The first-order chi connectivity index (χ1) is 10.1. The Morgan fingerprint density at radius 3 is 2.59 bits per heavy atom. The molecular formula is C12H9BrF4N2O3. The van der Waals surface area contributed by atoms with Crippen molar-refractivity contribution < 1.29 is 31.9 Å². The molecule has 0 bridgehead atoms. The van der Waals surface area contributed by atoms with Gasteiger partial charge in [0, 0.05) is 13.0 Å². The fraction of sp³-hybridized carbons (Fsp3) is 0.333. The molecule has 5 nitrogen and oxygen atoms in total. The molecule has 22 heavy (non-hydrogen) atoms. The van der Waals surface area contributed by atoms with Gasteiger partial charge in [-0.1, -0.05) is 0 Å². The van der Waals surface area contributed by atoms with E-state index in [1.165, 1.54) is 0 Å². The van der Waals surface area contributed by atoms with Crippen LogP contribution in [0, 0.1) is 5.82 Å². The molecule has 2 N–H and O–H groups in total. The summed E-state index contributed by atoms with van der Waals surface area (Å²) in [5.74, 6) is -2.40. The summed E-state index contributed by atoms with van der Waals surface area (Å²) in [4.78, 5) is 23.4. The first-order valence-corrected chi connectivity index (χ1v) is 6.75. The second-order valence-electron chi connectivity index (χ2n) is 4.46. The van der Waals surface area contributed by atoms with E-state index in [2.05, 4.69) is 20.7 Å². The van der Waals surface area contributed by atoms with E-state index in [1.54, 1.807) is 0 Å². The Kier molecular flexibility index (Phi) is 4.32. The van der Waals surface area contributed by atoms with Crippen LogP contribution in [0.5, 0.6) is 0 Å². The maximum absolute atomic E-state index is 13.8. The van der Waals surface area contributed by atoms with Crippen LogP contribution in [-0.2, 0) is 15.7 Å². The van der Waals surface area contributed by atoms with Crippen LogP contribution >= 0.6 is 15.9 Å². The Hall–Kier alpha value is -1.84. The number of nitrogens with two attached hydrogens (primary N) is 1. The highest BCUT2D eigenvalue weighted by Crippen LogP contribution is 2.42. The average molecular weight is 385 g/mol. The Morgan fingerprint density at radius 2 is 2.05 bits per heavy atom. The Balaban J connectivity index is 2.44. The van der Waals surface area contributed by atoms with E-state index in [1.807, 2.05) is 0 Å². The molecule has 120 valence electrons. The summed E-state index contributed by atoms with van der Waals surface area (Å²) < 4.78 is 57.2. The van der Waals surface area contributed by atoms with E-state index in [-0.39, 0.29) is 17.4 Å². The molecule has 1 aliphatic rings. The molecule has 1 aromatic carbocycles. The topological polar surface area (TPSA) is 72.6 Å². The van der Waals surface area contributed by atoms with Gasteiger partial charge in [-0.25, -0.2) is 9.18 Å². The van der Waals surface area contributed by atoms with Gasteiger partial charge in [-0.05, 0) is 28.1 Å². The van der Waals surface area contributed by atoms with Crippen LogP contribution in [0.15, 0.2) is 16.6 Å². The van der Waals surface area contributed by atoms with Gasteiger partial charge in [-0.2, -0.15) is 13.2 Å². The SMILES string of the molecule is NC(=O)OC1CCN(c2ccc(Br)c(F)c2C(F)(F)F)C1=O. The number of benzene rings is 1. The van der Waals surface area contributed by atoms with Gasteiger partial charge < -0.3 is 15.4 Å². The van der Waals surface area contributed by atoms with Crippen molar-refractivity contribution in [3.05, 3.63) is 28.0 Å². The van der Waals surface area contributed by atoms with Gasteiger partial charge in [-0.15, -0.1) is 0 Å². The third kappa shape index (κ3) is 3.01. The van der Waals surface area contributed by atoms with Crippen molar-refractivity contribution in [2.24, 2.45) is 5.73 Å². The number of alkyl halides is 3. The molecule has 1 heterocycles. The van der Waals surface area contributed by atoms with Gasteiger partial charge in [0.1, 0.15) is 5.56 Å². The van der Waals surface area contributed by atoms with Crippen molar-refractivity contribution in [2.75, 3.05) is 11.4 Å². The molecule has 1 unspecified atom stereocenters. The number of halogens is 5. The van der Waals surface area contributed by atoms with Gasteiger partial charge in [0.05, 0.1) is 10.2 Å². The van der Waals surface area contributed by atoms with Crippen LogP contribution in [0.25, 0.3) is 0 Å². The minimum absolute atomic E-state index is 0.0310. The van der Waals surface area contributed by atoms with Gasteiger partial charge in [0.2, 0.25) is 0 Å². The van der Waals surface area contributed by atoms with E-state index in [4.69, 9.17) is 5.73 Å². The maximum Gasteiger partial charge on any atom is 0.421 e. The third-order valence-electron chi connectivity index (χ3n) is 3.06. The number of nitrogens with zero attached hydrogens (tertiary/aromatic N) is 1. The van der Waals surface area contributed by atoms with Gasteiger partial charge in [0.15, 0.2) is 11.9 Å². The Morgan fingerprint density at radius 1 is 1.41 bits per heavy atom. The van der Waals surface area contributed by atoms with Crippen molar-refractivity contribution in [1.29, 1.82) is 0 Å². The number of anilines is 1. The molecule has 2 amide bonds. The van der Waals surface area contributed by atoms with E-state index < -0.39 is 41.3 Å². The zero-order valence-electron chi connectivity index (χ0n) is 10.8. The second-order valence-corrected chi connectivity index (χ2v) is 5.31. The van der Waals surface area contributed by atoms with Gasteiger partial charge in [-0.3, -0.25) is 4.79 Å². The number of amides is 2. The molecule has 1 saturated heterocycles. The number of carbonyl (C=O) groups excluding carboxylic acids is 2. The van der Waals surface area contributed by atoms with Crippen LogP contribution < -0.4 is 10.6 Å². The molecule has 1 aromatic rings. The molecule has 0 aromatic heterocycles. The Bertz CT molecular complexity index is 636. The minimum atomic E-state index is -4.99. The maximum atomic E-state index is 13.8. The largest absolute Gasteiger partial charge is 0.436 e. The summed E-state index contributed by atoms with van der Waals surface area (Å²) in [7, 11) is 0. The van der Waals surface area contributed by atoms with Crippen molar-refractivity contribution in [3.63, 3.8) is 0 Å². The van der Waals surface area contributed by atoms with E-state index in [0.717, 1.165) is 17.0 Å². The first kappa shape index (κ1) is 16.5. The zero-order valence-corrected chi connectivity index (χ0v) is 12.4. The van der Waals surface area contributed by atoms with Crippen molar-refractivity contribution in [1.82, 2.24) is 0 Å². The molecule has 0 aliphatic carbocycles. The van der Waals surface area contributed by atoms with Crippen LogP contribution in [0.1, 0.15) is 12.0 Å². The number of ether oxygens (including phenoxy) is 1. The van der Waals surface area contributed by atoms with E-state index >= 15 is 0 Å². The lowest BCUT2D eigenvalue weighted by Crippen LogP contribution is -2.34. The van der Waals surface area contributed by atoms with Crippen molar-refractivity contribution in [2.45, 2.75) is 18.7 Å². The predicted octanol–water partition coefficient (Wildman–Crippen LogP) is 2.81. The standard InChI is InChI=1S/C12H9BrF4N2O3/c13-5-1-2-6(8(9(5)14)12(15,16)17)19-4-3-7(10(19)20)22-11(18)21/h1-2,7H,3-4H2,(H2,18,21). The summed E-state index contributed by atoms with van der Waals surface area (Å²) in [5, 5.41) is 0. The highest BCUT2D eigenvalue weighted by atomic mass is 79.9. The molecule has 10 heteroatoms. The number of carbonyl (C=O) groups is 2. The van der Waals surface area contributed by atoms with Crippen LogP contribution in [0.3, 0.4) is 0 Å². The monoisotopic (exact) mass is 384 g/mol. The summed E-state index contributed by atoms with van der Waals surface area (Å²) >= 11 is 2.68. The smallest absolute Gasteiger partial charge is 0.421 e. The number of rotatable bonds is 2. The molecule has 0 saturated carbocycles. The normalized spacial score (nSPS) is 18.7. The minimum Gasteiger partial charge on any atom is -0.436 e. The summed E-state index contributed by atoms with van der Waals surface area (Å²) in [6.07, 6.45) is -7.51. The molecule has 2 rings (SSSR count). The lowest BCUT2D eigenvalue weighted by molar-refractivity contribution is -0.139. The fourth-order valence-electron chi connectivity index (χ4n) is 2.18. The van der Waals surface area contributed by atoms with E-state index in [9.17, 15) is 27.2 Å². The van der Waals surface area contributed by atoms with Crippen molar-refractivity contribution >= 4 is 33.6 Å². The Labute approximate surface area is 130 Å². The number of hydrogen-bond acceptors (Lipinski definition) is 3.